The molecule has 6 heteroatoms. The van der Waals surface area contributed by atoms with Crippen LogP contribution in [-0.2, 0) is 17.9 Å². The zero-order valence-electron chi connectivity index (χ0n) is 14.8. The molecular formula is C20H21FN4O. The van der Waals surface area contributed by atoms with Crippen molar-refractivity contribution < 1.29 is 9.18 Å². The lowest BCUT2D eigenvalue weighted by molar-refractivity contribution is -0.124. The molecule has 5 nitrogen and oxygen atoms in total. The first-order chi connectivity index (χ1) is 12.5. The standard InChI is InChI=1S/C20H21FN4O/c1-14(2)20(26)22-11-15-3-7-17(8-4-15)19-23-13-24-25(19)12-16-5-9-18(21)10-6-16/h3-10,13-14H,11-12H2,1-2H3,(H,22,26). The van der Waals surface area contributed by atoms with E-state index in [0.717, 1.165) is 22.5 Å². The van der Waals surface area contributed by atoms with Gasteiger partial charge in [-0.1, -0.05) is 50.2 Å². The molecule has 3 aromatic rings. The van der Waals surface area contributed by atoms with Gasteiger partial charge in [-0.3, -0.25) is 4.79 Å². The van der Waals surface area contributed by atoms with Gasteiger partial charge in [-0.05, 0) is 23.3 Å². The quantitative estimate of drug-likeness (QED) is 0.740. The summed E-state index contributed by atoms with van der Waals surface area (Å²) in [6, 6.07) is 14.2. The van der Waals surface area contributed by atoms with Crippen LogP contribution >= 0.6 is 0 Å². The molecule has 1 amide bonds. The number of nitrogens with one attached hydrogen (secondary N) is 1. The topological polar surface area (TPSA) is 59.8 Å². The Morgan fingerprint density at radius 3 is 2.38 bits per heavy atom. The van der Waals surface area contributed by atoms with Gasteiger partial charge in [-0.25, -0.2) is 14.1 Å². The van der Waals surface area contributed by atoms with Gasteiger partial charge in [0.2, 0.25) is 5.91 Å². The number of rotatable bonds is 6. The number of halogens is 1. The smallest absolute Gasteiger partial charge is 0.222 e. The van der Waals surface area contributed by atoms with Crippen LogP contribution in [0.5, 0.6) is 0 Å². The highest BCUT2D eigenvalue weighted by Crippen LogP contribution is 2.18. The lowest BCUT2D eigenvalue weighted by atomic mass is 10.1. The molecule has 0 unspecified atom stereocenters. The average Bonchev–Trinajstić information content (AvgIpc) is 3.10. The summed E-state index contributed by atoms with van der Waals surface area (Å²) >= 11 is 0. The second-order valence-electron chi connectivity index (χ2n) is 6.44. The molecule has 0 spiro atoms. The van der Waals surface area contributed by atoms with Crippen molar-refractivity contribution in [1.82, 2.24) is 20.1 Å². The Kier molecular flexibility index (Phi) is 5.41. The first-order valence-corrected chi connectivity index (χ1v) is 8.52. The second kappa shape index (κ2) is 7.91. The summed E-state index contributed by atoms with van der Waals surface area (Å²) in [5, 5.41) is 7.16. The third-order valence-corrected chi connectivity index (χ3v) is 4.06. The summed E-state index contributed by atoms with van der Waals surface area (Å²) in [4.78, 5) is 16.0. The number of hydrogen-bond donors (Lipinski definition) is 1. The number of hydrogen-bond acceptors (Lipinski definition) is 3. The predicted molar refractivity (Wildman–Crippen MR) is 97.6 cm³/mol. The Morgan fingerprint density at radius 2 is 1.73 bits per heavy atom. The van der Waals surface area contributed by atoms with Crippen LogP contribution in [0, 0.1) is 11.7 Å². The van der Waals surface area contributed by atoms with Crippen molar-refractivity contribution in [3.8, 4) is 11.4 Å². The molecule has 0 fully saturated rings. The van der Waals surface area contributed by atoms with Crippen LogP contribution in [0.1, 0.15) is 25.0 Å². The number of nitrogens with zero attached hydrogens (tertiary/aromatic N) is 3. The Hall–Kier alpha value is -3.02. The molecule has 1 heterocycles. The van der Waals surface area contributed by atoms with Crippen molar-refractivity contribution in [2.75, 3.05) is 0 Å². The highest BCUT2D eigenvalue weighted by atomic mass is 19.1. The maximum atomic E-state index is 13.0. The van der Waals surface area contributed by atoms with Crippen molar-refractivity contribution in [2.45, 2.75) is 26.9 Å². The molecule has 2 aromatic carbocycles. The summed E-state index contributed by atoms with van der Waals surface area (Å²) in [5.41, 5.74) is 2.90. The number of amides is 1. The van der Waals surface area contributed by atoms with Gasteiger partial charge >= 0.3 is 0 Å². The molecule has 0 aliphatic carbocycles. The number of carbonyl (C=O) groups is 1. The average molecular weight is 352 g/mol. The van der Waals surface area contributed by atoms with Gasteiger partial charge in [-0.15, -0.1) is 0 Å². The largest absolute Gasteiger partial charge is 0.352 e. The summed E-state index contributed by atoms with van der Waals surface area (Å²) in [6.07, 6.45) is 1.51. The van der Waals surface area contributed by atoms with Crippen LogP contribution in [0.4, 0.5) is 4.39 Å². The molecule has 134 valence electrons. The van der Waals surface area contributed by atoms with Crippen molar-refractivity contribution in [3.05, 3.63) is 71.8 Å². The highest BCUT2D eigenvalue weighted by molar-refractivity contribution is 5.77. The van der Waals surface area contributed by atoms with E-state index in [4.69, 9.17) is 0 Å². The van der Waals surface area contributed by atoms with E-state index >= 15 is 0 Å². The SMILES string of the molecule is CC(C)C(=O)NCc1ccc(-c2ncnn2Cc2ccc(F)cc2)cc1. The van der Waals surface area contributed by atoms with Gasteiger partial charge in [0.15, 0.2) is 5.82 Å². The van der Waals surface area contributed by atoms with Gasteiger partial charge in [0.1, 0.15) is 12.1 Å². The van der Waals surface area contributed by atoms with Gasteiger partial charge in [-0.2, -0.15) is 5.10 Å². The van der Waals surface area contributed by atoms with E-state index in [-0.39, 0.29) is 17.6 Å². The maximum Gasteiger partial charge on any atom is 0.222 e. The third kappa shape index (κ3) is 4.33. The first-order valence-electron chi connectivity index (χ1n) is 8.52. The van der Waals surface area contributed by atoms with E-state index in [2.05, 4.69) is 15.4 Å². The minimum absolute atomic E-state index is 0.0284. The van der Waals surface area contributed by atoms with Gasteiger partial charge in [0, 0.05) is 18.0 Å². The second-order valence-corrected chi connectivity index (χ2v) is 6.44. The zero-order valence-corrected chi connectivity index (χ0v) is 14.8. The molecule has 0 aliphatic rings. The van der Waals surface area contributed by atoms with Crippen LogP contribution in [0.25, 0.3) is 11.4 Å². The monoisotopic (exact) mass is 352 g/mol. The van der Waals surface area contributed by atoms with E-state index in [1.807, 2.05) is 38.1 Å². The minimum atomic E-state index is -0.257. The lowest BCUT2D eigenvalue weighted by Gasteiger charge is -2.09. The molecule has 0 bridgehead atoms. The molecule has 3 rings (SSSR count). The molecule has 1 aromatic heterocycles. The minimum Gasteiger partial charge on any atom is -0.352 e. The van der Waals surface area contributed by atoms with E-state index in [1.165, 1.54) is 18.5 Å². The van der Waals surface area contributed by atoms with E-state index in [1.54, 1.807) is 16.8 Å². The van der Waals surface area contributed by atoms with Crippen LogP contribution in [0.2, 0.25) is 0 Å². The maximum absolute atomic E-state index is 13.0. The molecule has 0 saturated carbocycles. The van der Waals surface area contributed by atoms with Crippen molar-refractivity contribution in [2.24, 2.45) is 5.92 Å². The van der Waals surface area contributed by atoms with Gasteiger partial charge in [0.05, 0.1) is 6.54 Å². The number of carbonyl (C=O) groups excluding carboxylic acids is 1. The lowest BCUT2D eigenvalue weighted by Crippen LogP contribution is -2.27. The van der Waals surface area contributed by atoms with Crippen LogP contribution < -0.4 is 5.32 Å². The number of benzene rings is 2. The van der Waals surface area contributed by atoms with E-state index in [0.29, 0.717) is 13.1 Å². The van der Waals surface area contributed by atoms with E-state index < -0.39 is 0 Å². The molecular weight excluding hydrogens is 331 g/mol. The summed E-state index contributed by atoms with van der Waals surface area (Å²) < 4.78 is 14.8. The molecule has 0 atom stereocenters. The molecule has 0 radical (unpaired) electrons. The molecule has 0 saturated heterocycles. The summed E-state index contributed by atoms with van der Waals surface area (Å²) in [5.74, 6) is 0.493. The van der Waals surface area contributed by atoms with Crippen LogP contribution in [-0.4, -0.2) is 20.7 Å². The van der Waals surface area contributed by atoms with Crippen molar-refractivity contribution in [1.29, 1.82) is 0 Å². The summed E-state index contributed by atoms with van der Waals surface area (Å²) in [6.45, 7) is 4.75. The molecule has 26 heavy (non-hydrogen) atoms. The summed E-state index contributed by atoms with van der Waals surface area (Å²) in [7, 11) is 0. The van der Waals surface area contributed by atoms with Gasteiger partial charge < -0.3 is 5.32 Å². The van der Waals surface area contributed by atoms with Crippen LogP contribution in [0.15, 0.2) is 54.9 Å². The fraction of sp³-hybridized carbons (Fsp3) is 0.250. The first kappa shape index (κ1) is 17.8. The predicted octanol–water partition coefficient (Wildman–Crippen LogP) is 3.40. The van der Waals surface area contributed by atoms with Crippen molar-refractivity contribution in [3.63, 3.8) is 0 Å². The zero-order chi connectivity index (χ0) is 18.5. The molecule has 1 N–H and O–H groups in total. The third-order valence-electron chi connectivity index (χ3n) is 4.06. The van der Waals surface area contributed by atoms with Crippen LogP contribution in [0.3, 0.4) is 0 Å². The van der Waals surface area contributed by atoms with Gasteiger partial charge in [0.25, 0.3) is 0 Å². The Balaban J connectivity index is 1.71. The molecule has 0 aliphatic heterocycles. The Bertz CT molecular complexity index is 870. The normalized spacial score (nSPS) is 10.9. The fourth-order valence-electron chi connectivity index (χ4n) is 2.53. The number of aromatic nitrogens is 3. The Morgan fingerprint density at radius 1 is 1.08 bits per heavy atom. The Labute approximate surface area is 151 Å². The highest BCUT2D eigenvalue weighted by Gasteiger charge is 2.09. The van der Waals surface area contributed by atoms with E-state index in [9.17, 15) is 9.18 Å². The van der Waals surface area contributed by atoms with Crippen molar-refractivity contribution >= 4 is 5.91 Å². The fourth-order valence-corrected chi connectivity index (χ4v) is 2.53.